The molecule has 1 aromatic heterocycles. The molecule has 0 spiro atoms. The summed E-state index contributed by atoms with van der Waals surface area (Å²) < 4.78 is 0.970. The Balaban J connectivity index is 0.000000720. The zero-order valence-corrected chi connectivity index (χ0v) is 8.86. The Hall–Kier alpha value is -0.120. The summed E-state index contributed by atoms with van der Waals surface area (Å²) in [6.45, 7) is 1.13. The average molecular weight is 250 g/mol. The van der Waals surface area contributed by atoms with Gasteiger partial charge in [-0.15, -0.1) is 12.4 Å². The maximum absolute atomic E-state index is 4.16. The van der Waals surface area contributed by atoms with Gasteiger partial charge < -0.3 is 5.32 Å². The fourth-order valence-electron chi connectivity index (χ4n) is 1.21. The van der Waals surface area contributed by atoms with Gasteiger partial charge in [-0.2, -0.15) is 0 Å². The molecule has 0 aliphatic carbocycles. The zero-order chi connectivity index (χ0) is 7.68. The summed E-state index contributed by atoms with van der Waals surface area (Å²) in [6.07, 6.45) is 3.02. The second-order valence-corrected chi connectivity index (χ2v) is 3.43. The minimum Gasteiger partial charge on any atom is -0.310 e. The van der Waals surface area contributed by atoms with E-state index < -0.39 is 0 Å². The minimum atomic E-state index is 0. The molecule has 1 aromatic rings. The highest BCUT2D eigenvalue weighted by Crippen LogP contribution is 2.27. The van der Waals surface area contributed by atoms with Crippen LogP contribution in [-0.4, -0.2) is 11.5 Å². The predicted molar refractivity (Wildman–Crippen MR) is 54.5 cm³/mol. The van der Waals surface area contributed by atoms with Crippen LogP contribution in [0, 0.1) is 0 Å². The van der Waals surface area contributed by atoms with Crippen molar-refractivity contribution in [1.29, 1.82) is 0 Å². The SMILES string of the molecule is Brc1ncccc1[C@@H]1CCN1.Cl. The Kier molecular flexibility index (Phi) is 3.50. The number of nitrogens with one attached hydrogen (secondary N) is 1. The third kappa shape index (κ3) is 1.79. The first kappa shape index (κ1) is 9.96. The quantitative estimate of drug-likeness (QED) is 0.773. The van der Waals surface area contributed by atoms with Crippen molar-refractivity contribution in [2.75, 3.05) is 6.54 Å². The summed E-state index contributed by atoms with van der Waals surface area (Å²) in [5.74, 6) is 0. The number of nitrogens with zero attached hydrogens (tertiary/aromatic N) is 1. The molecule has 1 atom stereocenters. The Morgan fingerprint density at radius 1 is 1.58 bits per heavy atom. The fraction of sp³-hybridized carbons (Fsp3) is 0.375. The average Bonchev–Trinajstić information content (AvgIpc) is 1.90. The summed E-state index contributed by atoms with van der Waals surface area (Å²) in [5.41, 5.74) is 1.28. The molecule has 1 N–H and O–H groups in total. The van der Waals surface area contributed by atoms with E-state index in [-0.39, 0.29) is 12.4 Å². The molecule has 4 heteroatoms. The van der Waals surface area contributed by atoms with Crippen LogP contribution < -0.4 is 5.32 Å². The molecule has 0 unspecified atom stereocenters. The van der Waals surface area contributed by atoms with Crippen LogP contribution in [0.15, 0.2) is 22.9 Å². The normalized spacial score (nSPS) is 20.9. The predicted octanol–water partition coefficient (Wildman–Crippen LogP) is 2.30. The number of aromatic nitrogens is 1. The summed E-state index contributed by atoms with van der Waals surface area (Å²) in [5, 5.41) is 3.33. The van der Waals surface area contributed by atoms with E-state index in [0.29, 0.717) is 6.04 Å². The zero-order valence-electron chi connectivity index (χ0n) is 6.46. The monoisotopic (exact) mass is 248 g/mol. The lowest BCUT2D eigenvalue weighted by Gasteiger charge is -2.28. The van der Waals surface area contributed by atoms with Crippen molar-refractivity contribution in [2.24, 2.45) is 0 Å². The topological polar surface area (TPSA) is 24.9 Å². The molecule has 1 aliphatic heterocycles. The van der Waals surface area contributed by atoms with Gasteiger partial charge in [0.05, 0.1) is 0 Å². The van der Waals surface area contributed by atoms with E-state index in [0.717, 1.165) is 11.1 Å². The van der Waals surface area contributed by atoms with Crippen molar-refractivity contribution >= 4 is 28.3 Å². The van der Waals surface area contributed by atoms with Gasteiger partial charge >= 0.3 is 0 Å². The van der Waals surface area contributed by atoms with E-state index in [2.05, 4.69) is 32.3 Å². The van der Waals surface area contributed by atoms with Crippen molar-refractivity contribution in [2.45, 2.75) is 12.5 Å². The van der Waals surface area contributed by atoms with E-state index in [4.69, 9.17) is 0 Å². The van der Waals surface area contributed by atoms with Gasteiger partial charge in [-0.05, 0) is 35.0 Å². The molecule has 2 rings (SSSR count). The van der Waals surface area contributed by atoms with Crippen molar-refractivity contribution < 1.29 is 0 Å². The second-order valence-electron chi connectivity index (χ2n) is 2.68. The molecule has 2 nitrogen and oxygen atoms in total. The Morgan fingerprint density at radius 2 is 2.33 bits per heavy atom. The van der Waals surface area contributed by atoms with E-state index in [1.54, 1.807) is 6.20 Å². The standard InChI is InChI=1S/C8H9BrN2.ClH/c9-8-6(2-1-4-11-8)7-3-5-10-7;/h1-2,4,7,10H,3,5H2;1H/t7-;/m0./s1. The minimum absolute atomic E-state index is 0. The number of hydrogen-bond donors (Lipinski definition) is 1. The fourth-order valence-corrected chi connectivity index (χ4v) is 1.74. The summed E-state index contributed by atoms with van der Waals surface area (Å²) >= 11 is 3.42. The number of halogens is 2. The number of rotatable bonds is 1. The van der Waals surface area contributed by atoms with Gasteiger partial charge in [0.2, 0.25) is 0 Å². The van der Waals surface area contributed by atoms with Crippen LogP contribution in [0.3, 0.4) is 0 Å². The van der Waals surface area contributed by atoms with E-state index in [1.165, 1.54) is 12.0 Å². The maximum Gasteiger partial charge on any atom is 0.110 e. The Labute approximate surface area is 86.3 Å². The molecule has 2 heterocycles. The largest absolute Gasteiger partial charge is 0.310 e. The molecular formula is C8H10BrClN2. The van der Waals surface area contributed by atoms with Crippen molar-refractivity contribution in [3.8, 4) is 0 Å². The van der Waals surface area contributed by atoms with Crippen molar-refractivity contribution in [1.82, 2.24) is 10.3 Å². The van der Waals surface area contributed by atoms with Gasteiger partial charge in [0.15, 0.2) is 0 Å². The summed E-state index contributed by atoms with van der Waals surface area (Å²) in [4.78, 5) is 4.16. The Bertz CT molecular complexity index is 263. The molecule has 12 heavy (non-hydrogen) atoms. The third-order valence-electron chi connectivity index (χ3n) is 1.99. The van der Waals surface area contributed by atoms with Gasteiger partial charge in [-0.1, -0.05) is 6.07 Å². The first-order chi connectivity index (χ1) is 5.38. The van der Waals surface area contributed by atoms with E-state index >= 15 is 0 Å². The van der Waals surface area contributed by atoms with Crippen molar-refractivity contribution in [3.05, 3.63) is 28.5 Å². The molecular weight excluding hydrogens is 239 g/mol. The molecule has 1 saturated heterocycles. The molecule has 1 fully saturated rings. The van der Waals surface area contributed by atoms with Crippen LogP contribution in [0.2, 0.25) is 0 Å². The lowest BCUT2D eigenvalue weighted by molar-refractivity contribution is 0.381. The second kappa shape index (κ2) is 4.21. The molecule has 0 amide bonds. The molecule has 0 radical (unpaired) electrons. The van der Waals surface area contributed by atoms with Crippen LogP contribution in [0.5, 0.6) is 0 Å². The van der Waals surface area contributed by atoms with Crippen molar-refractivity contribution in [3.63, 3.8) is 0 Å². The summed E-state index contributed by atoms with van der Waals surface area (Å²) in [6, 6.07) is 4.60. The highest BCUT2D eigenvalue weighted by atomic mass is 79.9. The highest BCUT2D eigenvalue weighted by Gasteiger charge is 2.20. The van der Waals surface area contributed by atoms with E-state index in [1.807, 2.05) is 6.07 Å². The van der Waals surface area contributed by atoms with Gasteiger partial charge in [-0.3, -0.25) is 0 Å². The first-order valence-corrected chi connectivity index (χ1v) is 4.51. The third-order valence-corrected chi connectivity index (χ3v) is 2.65. The molecule has 66 valence electrons. The number of hydrogen-bond acceptors (Lipinski definition) is 2. The van der Waals surface area contributed by atoms with Gasteiger partial charge in [0, 0.05) is 17.8 Å². The van der Waals surface area contributed by atoms with Gasteiger partial charge in [0.25, 0.3) is 0 Å². The lowest BCUT2D eigenvalue weighted by atomic mass is 10.0. The number of pyridine rings is 1. The van der Waals surface area contributed by atoms with E-state index in [9.17, 15) is 0 Å². The van der Waals surface area contributed by atoms with Crippen LogP contribution in [0.25, 0.3) is 0 Å². The molecule has 0 bridgehead atoms. The molecule has 0 saturated carbocycles. The van der Waals surface area contributed by atoms with Crippen LogP contribution in [0.1, 0.15) is 18.0 Å². The van der Waals surface area contributed by atoms with Crippen LogP contribution >= 0.6 is 28.3 Å². The van der Waals surface area contributed by atoms with Crippen LogP contribution in [0.4, 0.5) is 0 Å². The lowest BCUT2D eigenvalue weighted by Crippen LogP contribution is -2.35. The molecule has 1 aliphatic rings. The van der Waals surface area contributed by atoms with Gasteiger partial charge in [0.1, 0.15) is 4.60 Å². The Morgan fingerprint density at radius 3 is 2.83 bits per heavy atom. The molecule has 0 aromatic carbocycles. The summed E-state index contributed by atoms with van der Waals surface area (Å²) in [7, 11) is 0. The highest BCUT2D eigenvalue weighted by molar-refractivity contribution is 9.10. The maximum atomic E-state index is 4.16. The smallest absolute Gasteiger partial charge is 0.110 e. The van der Waals surface area contributed by atoms with Gasteiger partial charge in [-0.25, -0.2) is 4.98 Å². The van der Waals surface area contributed by atoms with Crippen LogP contribution in [-0.2, 0) is 0 Å². The first-order valence-electron chi connectivity index (χ1n) is 3.72.